The smallest absolute Gasteiger partial charge is 0.335 e. The van der Waals surface area contributed by atoms with Gasteiger partial charge < -0.3 is 9.47 Å². The summed E-state index contributed by atoms with van der Waals surface area (Å²) in [4.78, 5) is 16.5. The van der Waals surface area contributed by atoms with Crippen molar-refractivity contribution in [1.29, 1.82) is 0 Å². The van der Waals surface area contributed by atoms with Gasteiger partial charge in [-0.1, -0.05) is 0 Å². The Morgan fingerprint density at radius 2 is 2.50 bits per heavy atom. The fourth-order valence-corrected chi connectivity index (χ4v) is 1.25. The van der Waals surface area contributed by atoms with E-state index in [4.69, 9.17) is 9.57 Å². The van der Waals surface area contributed by atoms with Crippen LogP contribution in [0.15, 0.2) is 11.8 Å². The Hall–Kier alpha value is -1.07. The molecular weight excluding hydrogens is 186 g/mol. The fraction of sp³-hybridized carbons (Fsp3) is 0.667. The lowest BCUT2D eigenvalue weighted by Gasteiger charge is -2.28. The molecule has 0 aliphatic carbocycles. The molecule has 0 bridgehead atoms. The molecule has 1 atom stereocenters. The zero-order valence-corrected chi connectivity index (χ0v) is 8.65. The highest BCUT2D eigenvalue weighted by atomic mass is 16.8. The number of carbonyl (C=O) groups excluding carboxylic acids is 1. The molecule has 0 aromatic rings. The zero-order valence-electron chi connectivity index (χ0n) is 8.65. The SMILES string of the molecule is CCOC1CC(C(=O)OC)=CN(C)O1. The Morgan fingerprint density at radius 3 is 3.07 bits per heavy atom. The molecule has 80 valence electrons. The van der Waals surface area contributed by atoms with Crippen molar-refractivity contribution in [3.05, 3.63) is 11.8 Å². The van der Waals surface area contributed by atoms with Gasteiger partial charge in [0.05, 0.1) is 12.7 Å². The maximum atomic E-state index is 11.2. The molecule has 0 spiro atoms. The lowest BCUT2D eigenvalue weighted by molar-refractivity contribution is -0.256. The number of ether oxygens (including phenoxy) is 2. The monoisotopic (exact) mass is 201 g/mol. The second-order valence-electron chi connectivity index (χ2n) is 2.89. The standard InChI is InChI=1S/C9H15NO4/c1-4-13-8-5-7(9(11)12-3)6-10(2)14-8/h6,8H,4-5H2,1-3H3. The lowest BCUT2D eigenvalue weighted by Crippen LogP contribution is -2.32. The third kappa shape index (κ3) is 2.71. The summed E-state index contributed by atoms with van der Waals surface area (Å²) in [5.74, 6) is -0.343. The van der Waals surface area contributed by atoms with Crippen LogP contribution in [0, 0.1) is 0 Å². The van der Waals surface area contributed by atoms with Crippen LogP contribution in [0.3, 0.4) is 0 Å². The maximum Gasteiger partial charge on any atom is 0.335 e. The summed E-state index contributed by atoms with van der Waals surface area (Å²) in [5, 5.41) is 1.45. The van der Waals surface area contributed by atoms with E-state index in [-0.39, 0.29) is 5.97 Å². The Labute approximate surface area is 83.2 Å². The Bertz CT molecular complexity index is 239. The van der Waals surface area contributed by atoms with Gasteiger partial charge in [0.2, 0.25) is 0 Å². The second kappa shape index (κ2) is 4.97. The Kier molecular flexibility index (Phi) is 3.91. The van der Waals surface area contributed by atoms with Gasteiger partial charge in [0.25, 0.3) is 0 Å². The van der Waals surface area contributed by atoms with Crippen molar-refractivity contribution in [3.8, 4) is 0 Å². The molecule has 5 heteroatoms. The highest BCUT2D eigenvalue weighted by Crippen LogP contribution is 2.18. The minimum atomic E-state index is -0.399. The average Bonchev–Trinajstić information content (AvgIpc) is 2.16. The van der Waals surface area contributed by atoms with Crippen molar-refractivity contribution < 1.29 is 19.1 Å². The molecule has 0 N–H and O–H groups in total. The van der Waals surface area contributed by atoms with Gasteiger partial charge in [0.15, 0.2) is 6.29 Å². The van der Waals surface area contributed by atoms with Crippen molar-refractivity contribution in [2.45, 2.75) is 19.6 Å². The van der Waals surface area contributed by atoms with Crippen LogP contribution >= 0.6 is 0 Å². The normalized spacial score (nSPS) is 21.8. The van der Waals surface area contributed by atoms with Gasteiger partial charge in [-0.2, -0.15) is 0 Å². The summed E-state index contributed by atoms with van der Waals surface area (Å²) in [6.45, 7) is 2.42. The van der Waals surface area contributed by atoms with E-state index in [1.54, 1.807) is 13.2 Å². The first kappa shape index (κ1) is 11.0. The summed E-state index contributed by atoms with van der Waals surface area (Å²) < 4.78 is 9.89. The highest BCUT2D eigenvalue weighted by molar-refractivity contribution is 5.88. The molecule has 1 aliphatic rings. The van der Waals surface area contributed by atoms with Crippen molar-refractivity contribution >= 4 is 5.97 Å². The van der Waals surface area contributed by atoms with Crippen LogP contribution in [0.25, 0.3) is 0 Å². The third-order valence-electron chi connectivity index (χ3n) is 1.81. The largest absolute Gasteiger partial charge is 0.466 e. The van der Waals surface area contributed by atoms with Gasteiger partial charge in [-0.05, 0) is 6.92 Å². The minimum absolute atomic E-state index is 0.343. The van der Waals surface area contributed by atoms with Crippen molar-refractivity contribution in [2.75, 3.05) is 20.8 Å². The number of rotatable bonds is 3. The van der Waals surface area contributed by atoms with E-state index in [1.165, 1.54) is 12.2 Å². The van der Waals surface area contributed by atoms with Crippen LogP contribution in [0.5, 0.6) is 0 Å². The fourth-order valence-electron chi connectivity index (χ4n) is 1.25. The average molecular weight is 201 g/mol. The number of esters is 1. The molecule has 0 aromatic heterocycles. The molecule has 1 rings (SSSR count). The van der Waals surface area contributed by atoms with Gasteiger partial charge in [-0.15, -0.1) is 0 Å². The van der Waals surface area contributed by atoms with Gasteiger partial charge in [-0.25, -0.2) is 9.63 Å². The maximum absolute atomic E-state index is 11.2. The van der Waals surface area contributed by atoms with Gasteiger partial charge in [-0.3, -0.25) is 5.06 Å². The first-order valence-electron chi connectivity index (χ1n) is 4.47. The minimum Gasteiger partial charge on any atom is -0.466 e. The third-order valence-corrected chi connectivity index (χ3v) is 1.81. The van der Waals surface area contributed by atoms with Crippen LogP contribution in [0.1, 0.15) is 13.3 Å². The van der Waals surface area contributed by atoms with E-state index in [1.807, 2.05) is 6.92 Å². The van der Waals surface area contributed by atoms with Crippen molar-refractivity contribution in [3.63, 3.8) is 0 Å². The van der Waals surface area contributed by atoms with Crippen molar-refractivity contribution in [1.82, 2.24) is 5.06 Å². The molecule has 1 aliphatic heterocycles. The summed E-state index contributed by atoms with van der Waals surface area (Å²) in [7, 11) is 3.06. The van der Waals surface area contributed by atoms with E-state index >= 15 is 0 Å². The predicted octanol–water partition coefficient (Wildman–Crippen LogP) is 0.673. The summed E-state index contributed by atoms with van der Waals surface area (Å²) >= 11 is 0. The highest BCUT2D eigenvalue weighted by Gasteiger charge is 2.24. The summed E-state index contributed by atoms with van der Waals surface area (Å²) in [6.07, 6.45) is 1.62. The quantitative estimate of drug-likeness (QED) is 0.628. The Balaban J connectivity index is 2.63. The first-order valence-corrected chi connectivity index (χ1v) is 4.47. The first-order chi connectivity index (χ1) is 6.67. The van der Waals surface area contributed by atoms with Gasteiger partial charge >= 0.3 is 5.97 Å². The van der Waals surface area contributed by atoms with E-state index in [0.29, 0.717) is 18.6 Å². The molecule has 0 aromatic carbocycles. The number of methoxy groups -OCH3 is 1. The molecule has 5 nitrogen and oxygen atoms in total. The zero-order chi connectivity index (χ0) is 10.6. The van der Waals surface area contributed by atoms with Crippen LogP contribution in [0.4, 0.5) is 0 Å². The number of carbonyl (C=O) groups is 1. The topological polar surface area (TPSA) is 48.0 Å². The van der Waals surface area contributed by atoms with Gasteiger partial charge in [0.1, 0.15) is 0 Å². The predicted molar refractivity (Wildman–Crippen MR) is 49.0 cm³/mol. The van der Waals surface area contributed by atoms with Crippen molar-refractivity contribution in [2.24, 2.45) is 0 Å². The van der Waals surface area contributed by atoms with Gasteiger partial charge in [0, 0.05) is 26.3 Å². The van der Waals surface area contributed by atoms with Crippen LogP contribution in [0.2, 0.25) is 0 Å². The second-order valence-corrected chi connectivity index (χ2v) is 2.89. The molecule has 0 fully saturated rings. The summed E-state index contributed by atoms with van der Waals surface area (Å²) in [6, 6.07) is 0. The molecule has 0 saturated heterocycles. The van der Waals surface area contributed by atoms with E-state index in [2.05, 4.69) is 4.74 Å². The molecule has 0 amide bonds. The lowest BCUT2D eigenvalue weighted by atomic mass is 10.2. The molecule has 0 saturated carbocycles. The molecule has 14 heavy (non-hydrogen) atoms. The van der Waals surface area contributed by atoms with E-state index < -0.39 is 6.29 Å². The molecule has 1 heterocycles. The van der Waals surface area contributed by atoms with Crippen LogP contribution in [-0.4, -0.2) is 38.1 Å². The van der Waals surface area contributed by atoms with Crippen LogP contribution in [-0.2, 0) is 19.1 Å². The number of hydrogen-bond acceptors (Lipinski definition) is 5. The molecular formula is C9H15NO4. The summed E-state index contributed by atoms with van der Waals surface area (Å²) in [5.41, 5.74) is 0.555. The Morgan fingerprint density at radius 1 is 1.79 bits per heavy atom. The molecule has 1 unspecified atom stereocenters. The van der Waals surface area contributed by atoms with E-state index in [0.717, 1.165) is 0 Å². The number of nitrogens with zero attached hydrogens (tertiary/aromatic N) is 1. The van der Waals surface area contributed by atoms with E-state index in [9.17, 15) is 4.79 Å². The number of hydrogen-bond donors (Lipinski definition) is 0. The molecule has 0 radical (unpaired) electrons. The van der Waals surface area contributed by atoms with Crippen LogP contribution < -0.4 is 0 Å². The number of hydroxylamine groups is 2.